The lowest BCUT2D eigenvalue weighted by Gasteiger charge is -2.12. The minimum atomic E-state index is -0.339. The summed E-state index contributed by atoms with van der Waals surface area (Å²) in [6.45, 7) is 1.09. The number of hydrogen-bond acceptors (Lipinski definition) is 2. The maximum Gasteiger partial charge on any atom is 0.146 e. The Hall–Kier alpha value is -1.45. The van der Waals surface area contributed by atoms with Gasteiger partial charge in [0, 0.05) is 28.6 Å². The number of rotatable bonds is 3. The van der Waals surface area contributed by atoms with E-state index >= 15 is 0 Å². The molecule has 1 N–H and O–H groups in total. The Balaban J connectivity index is 1.84. The van der Waals surface area contributed by atoms with Crippen molar-refractivity contribution in [1.82, 2.24) is 0 Å². The van der Waals surface area contributed by atoms with E-state index in [1.165, 1.54) is 12.1 Å². The van der Waals surface area contributed by atoms with E-state index in [2.05, 4.69) is 5.32 Å². The van der Waals surface area contributed by atoms with Crippen molar-refractivity contribution in [2.75, 3.05) is 11.9 Å². The van der Waals surface area contributed by atoms with E-state index in [4.69, 9.17) is 27.9 Å². The Morgan fingerprint density at radius 3 is 2.85 bits per heavy atom. The molecule has 0 bridgehead atoms. The summed E-state index contributed by atoms with van der Waals surface area (Å²) in [6.07, 6.45) is 0.856. The third-order valence-corrected chi connectivity index (χ3v) is 3.68. The van der Waals surface area contributed by atoms with Crippen LogP contribution < -0.4 is 10.1 Å². The number of nitrogens with one attached hydrogen (secondary N) is 1. The second-order valence-corrected chi connectivity index (χ2v) is 5.50. The van der Waals surface area contributed by atoms with Gasteiger partial charge in [0.1, 0.15) is 11.6 Å². The quantitative estimate of drug-likeness (QED) is 0.888. The molecular formula is C15H12Cl2FNO. The van der Waals surface area contributed by atoms with Crippen LogP contribution in [-0.4, -0.2) is 6.61 Å². The highest BCUT2D eigenvalue weighted by Gasteiger charge is 2.17. The van der Waals surface area contributed by atoms with Crippen LogP contribution in [0.1, 0.15) is 11.1 Å². The molecule has 0 saturated carbocycles. The molecule has 0 aliphatic carbocycles. The molecule has 0 radical (unpaired) electrons. The Morgan fingerprint density at radius 2 is 2.00 bits per heavy atom. The van der Waals surface area contributed by atoms with Crippen LogP contribution in [0.4, 0.5) is 10.1 Å². The van der Waals surface area contributed by atoms with Crippen molar-refractivity contribution in [1.29, 1.82) is 0 Å². The van der Waals surface area contributed by atoms with Crippen molar-refractivity contribution >= 4 is 28.9 Å². The molecule has 104 valence electrons. The fraction of sp³-hybridized carbons (Fsp3) is 0.200. The van der Waals surface area contributed by atoms with Crippen LogP contribution in [0.25, 0.3) is 0 Å². The first kappa shape index (κ1) is 13.5. The van der Waals surface area contributed by atoms with Crippen LogP contribution in [0.2, 0.25) is 10.0 Å². The molecule has 2 aromatic carbocycles. The number of fused-ring (bicyclic) bond motifs is 1. The third-order valence-electron chi connectivity index (χ3n) is 3.22. The molecule has 0 atom stereocenters. The molecule has 0 amide bonds. The van der Waals surface area contributed by atoms with E-state index in [0.717, 1.165) is 23.3 Å². The van der Waals surface area contributed by atoms with Crippen molar-refractivity contribution < 1.29 is 9.13 Å². The molecule has 5 heteroatoms. The number of benzene rings is 2. The molecule has 0 spiro atoms. The fourth-order valence-corrected chi connectivity index (χ4v) is 2.74. The van der Waals surface area contributed by atoms with Gasteiger partial charge in [0.2, 0.25) is 0 Å². The van der Waals surface area contributed by atoms with Gasteiger partial charge in [0.15, 0.2) is 0 Å². The summed E-state index contributed by atoms with van der Waals surface area (Å²) >= 11 is 12.0. The summed E-state index contributed by atoms with van der Waals surface area (Å²) in [5.74, 6) is 0.512. The Morgan fingerprint density at radius 1 is 1.15 bits per heavy atom. The monoisotopic (exact) mass is 311 g/mol. The highest BCUT2D eigenvalue weighted by molar-refractivity contribution is 6.31. The molecule has 3 rings (SSSR count). The topological polar surface area (TPSA) is 21.3 Å². The third kappa shape index (κ3) is 2.69. The fourth-order valence-electron chi connectivity index (χ4n) is 2.30. The molecule has 0 unspecified atom stereocenters. The molecule has 2 aromatic rings. The lowest BCUT2D eigenvalue weighted by atomic mass is 10.1. The Bertz CT molecular complexity index is 661. The van der Waals surface area contributed by atoms with E-state index in [0.29, 0.717) is 28.9 Å². The first-order chi connectivity index (χ1) is 9.63. The van der Waals surface area contributed by atoms with Crippen LogP contribution in [0, 0.1) is 5.82 Å². The average Bonchev–Trinajstić information content (AvgIpc) is 2.87. The SMILES string of the molecule is Fc1ccc(Cl)cc1NCc1cc(Cl)cc2c1OCC2. The van der Waals surface area contributed by atoms with Gasteiger partial charge < -0.3 is 10.1 Å². The summed E-state index contributed by atoms with van der Waals surface area (Å²) in [7, 11) is 0. The second kappa shape index (κ2) is 5.51. The molecule has 1 heterocycles. The van der Waals surface area contributed by atoms with E-state index in [1.54, 1.807) is 6.07 Å². The van der Waals surface area contributed by atoms with Crippen molar-refractivity contribution in [3.05, 3.63) is 57.3 Å². The normalized spacial score (nSPS) is 12.9. The summed E-state index contributed by atoms with van der Waals surface area (Å²) in [4.78, 5) is 0. The molecule has 1 aliphatic heterocycles. The summed E-state index contributed by atoms with van der Waals surface area (Å²) in [6, 6.07) is 8.16. The minimum absolute atomic E-state index is 0.339. The zero-order chi connectivity index (χ0) is 14.1. The van der Waals surface area contributed by atoms with Crippen molar-refractivity contribution in [3.63, 3.8) is 0 Å². The average molecular weight is 312 g/mol. The number of hydrogen-bond donors (Lipinski definition) is 1. The van der Waals surface area contributed by atoms with Crippen LogP contribution in [0.5, 0.6) is 5.75 Å². The molecule has 0 fully saturated rings. The highest BCUT2D eigenvalue weighted by Crippen LogP contribution is 2.33. The molecule has 0 aromatic heterocycles. The predicted molar refractivity (Wildman–Crippen MR) is 79.4 cm³/mol. The van der Waals surface area contributed by atoms with Gasteiger partial charge in [-0.15, -0.1) is 0 Å². The van der Waals surface area contributed by atoms with E-state index < -0.39 is 0 Å². The predicted octanol–water partition coefficient (Wildman–Crippen LogP) is 4.68. The maximum atomic E-state index is 13.6. The van der Waals surface area contributed by atoms with Crippen LogP contribution in [0.3, 0.4) is 0 Å². The number of halogens is 3. The lowest BCUT2D eigenvalue weighted by Crippen LogP contribution is -2.03. The number of ether oxygens (including phenoxy) is 1. The first-order valence-electron chi connectivity index (χ1n) is 6.26. The largest absolute Gasteiger partial charge is 0.493 e. The van der Waals surface area contributed by atoms with Gasteiger partial charge in [0.05, 0.1) is 12.3 Å². The van der Waals surface area contributed by atoms with Crippen molar-refractivity contribution in [3.8, 4) is 5.75 Å². The zero-order valence-electron chi connectivity index (χ0n) is 10.6. The van der Waals surface area contributed by atoms with E-state index in [1.807, 2.05) is 12.1 Å². The zero-order valence-corrected chi connectivity index (χ0v) is 12.1. The lowest BCUT2D eigenvalue weighted by molar-refractivity contribution is 0.354. The van der Waals surface area contributed by atoms with Crippen molar-refractivity contribution in [2.45, 2.75) is 13.0 Å². The van der Waals surface area contributed by atoms with Crippen LogP contribution in [-0.2, 0) is 13.0 Å². The number of anilines is 1. The smallest absolute Gasteiger partial charge is 0.146 e. The summed E-state index contributed by atoms with van der Waals surface area (Å²) in [5, 5.41) is 4.18. The highest BCUT2D eigenvalue weighted by atomic mass is 35.5. The first-order valence-corrected chi connectivity index (χ1v) is 7.02. The minimum Gasteiger partial charge on any atom is -0.493 e. The van der Waals surface area contributed by atoms with Crippen LogP contribution in [0.15, 0.2) is 30.3 Å². The van der Waals surface area contributed by atoms with Gasteiger partial charge in [-0.05, 0) is 35.9 Å². The van der Waals surface area contributed by atoms with Crippen molar-refractivity contribution in [2.24, 2.45) is 0 Å². The van der Waals surface area contributed by atoms with Gasteiger partial charge in [-0.25, -0.2) is 4.39 Å². The second-order valence-electron chi connectivity index (χ2n) is 4.63. The van der Waals surface area contributed by atoms with Gasteiger partial charge in [-0.2, -0.15) is 0 Å². The van der Waals surface area contributed by atoms with Gasteiger partial charge in [-0.3, -0.25) is 0 Å². The van der Waals surface area contributed by atoms with E-state index in [-0.39, 0.29) is 5.82 Å². The molecule has 2 nitrogen and oxygen atoms in total. The van der Waals surface area contributed by atoms with Gasteiger partial charge in [-0.1, -0.05) is 23.2 Å². The van der Waals surface area contributed by atoms with Gasteiger partial charge in [0.25, 0.3) is 0 Å². The van der Waals surface area contributed by atoms with E-state index in [9.17, 15) is 4.39 Å². The summed E-state index contributed by atoms with van der Waals surface area (Å²) < 4.78 is 19.3. The Labute approximate surface area is 126 Å². The van der Waals surface area contributed by atoms with Crippen LogP contribution >= 0.6 is 23.2 Å². The molecule has 20 heavy (non-hydrogen) atoms. The Kier molecular flexibility index (Phi) is 3.72. The maximum absolute atomic E-state index is 13.6. The summed E-state index contributed by atoms with van der Waals surface area (Å²) in [5.41, 5.74) is 2.38. The molecular weight excluding hydrogens is 300 g/mol. The standard InChI is InChI=1S/C15H12Cl2FNO/c16-11-1-2-13(18)14(7-11)19-8-10-6-12(17)5-9-3-4-20-15(9)10/h1-2,5-7,19H,3-4,8H2. The van der Waals surface area contributed by atoms with Gasteiger partial charge >= 0.3 is 0 Å². The molecule has 1 aliphatic rings. The molecule has 0 saturated heterocycles.